The number of ether oxygens (including phenoxy) is 9. The lowest BCUT2D eigenvalue weighted by atomic mass is 9.80. The Bertz CT molecular complexity index is 3080. The van der Waals surface area contributed by atoms with Crippen LogP contribution in [-0.4, -0.2) is 72.1 Å². The van der Waals surface area contributed by atoms with Crippen LogP contribution in [0.3, 0.4) is 0 Å². The molecule has 5 N–H and O–H groups in total. The number of carbonyl (C=O) groups is 1. The van der Waals surface area contributed by atoms with Gasteiger partial charge in [0.1, 0.15) is 88.5 Å². The molecule has 15 nitrogen and oxygen atoms in total. The number of morpholine rings is 1. The lowest BCUT2D eigenvalue weighted by Crippen LogP contribution is -2.56. The number of nitrogens with two attached hydrogens (primary N) is 2. The summed E-state index contributed by atoms with van der Waals surface area (Å²) in [6.07, 6.45) is 0. The molecule has 6 aliphatic heterocycles. The molecule has 68 heavy (non-hydrogen) atoms. The maximum absolute atomic E-state index is 12.1. The van der Waals surface area contributed by atoms with Crippen LogP contribution in [0.15, 0.2) is 133 Å². The van der Waals surface area contributed by atoms with Crippen LogP contribution in [0.4, 0.5) is 0 Å². The number of nitrogens with zero attached hydrogens (tertiary/aromatic N) is 2. The normalized spacial score (nSPS) is 21.8. The Labute approximate surface area is 416 Å². The van der Waals surface area contributed by atoms with Gasteiger partial charge in [-0.25, -0.2) is 4.99 Å². The summed E-state index contributed by atoms with van der Waals surface area (Å²) in [4.78, 5) is 21.5. The second-order valence-electron chi connectivity index (χ2n) is 16.3. The van der Waals surface area contributed by atoms with Crippen molar-refractivity contribution >= 4 is 65.6 Å². The van der Waals surface area contributed by atoms with Crippen molar-refractivity contribution in [3.05, 3.63) is 156 Å². The van der Waals surface area contributed by atoms with Gasteiger partial charge >= 0.3 is 0 Å². The minimum Gasteiger partial charge on any atom is -0.497 e. The van der Waals surface area contributed by atoms with E-state index < -0.39 is 16.6 Å². The number of benzene rings is 6. The Morgan fingerprint density at radius 3 is 1.35 bits per heavy atom. The van der Waals surface area contributed by atoms with E-state index in [1.165, 1.54) is 0 Å². The highest BCUT2D eigenvalue weighted by atomic mass is 79.9. The van der Waals surface area contributed by atoms with Gasteiger partial charge in [0.15, 0.2) is 5.54 Å². The van der Waals surface area contributed by atoms with Crippen molar-refractivity contribution < 1.29 is 47.4 Å². The molecule has 0 bridgehead atoms. The summed E-state index contributed by atoms with van der Waals surface area (Å²) in [7, 11) is 4.88. The summed E-state index contributed by atoms with van der Waals surface area (Å²) >= 11 is 10.5. The summed E-state index contributed by atoms with van der Waals surface area (Å²) in [5.74, 6) is 6.87. The molecule has 18 heteroatoms. The number of hydrogen-bond donors (Lipinski definition) is 3. The average Bonchev–Trinajstić information content (AvgIpc) is 3.74. The van der Waals surface area contributed by atoms with Gasteiger partial charge in [-0.1, -0.05) is 47.8 Å². The van der Waals surface area contributed by atoms with Crippen LogP contribution in [0.1, 0.15) is 33.4 Å². The number of aliphatic imine (C=N–C) groups is 2. The topological polar surface area (TPSA) is 189 Å². The molecular formula is C50H42Br3N5O10. The van der Waals surface area contributed by atoms with Crippen LogP contribution < -0.4 is 45.2 Å². The molecule has 0 radical (unpaired) electrons. The van der Waals surface area contributed by atoms with Gasteiger partial charge in [0.25, 0.3) is 6.02 Å². The largest absolute Gasteiger partial charge is 0.497 e. The zero-order valence-corrected chi connectivity index (χ0v) is 41.5. The third kappa shape index (κ3) is 7.96. The second kappa shape index (κ2) is 18.0. The number of halogens is 3. The van der Waals surface area contributed by atoms with Gasteiger partial charge in [-0.2, -0.15) is 0 Å². The monoisotopic (exact) mass is 1110 g/mol. The molecule has 1 fully saturated rings. The van der Waals surface area contributed by atoms with Crippen molar-refractivity contribution in [2.75, 3.05) is 54.4 Å². The van der Waals surface area contributed by atoms with E-state index in [4.69, 9.17) is 59.1 Å². The van der Waals surface area contributed by atoms with E-state index in [0.29, 0.717) is 49.5 Å². The molecule has 6 aliphatic rings. The van der Waals surface area contributed by atoms with Gasteiger partial charge in [-0.15, -0.1) is 0 Å². The molecule has 1 saturated heterocycles. The number of rotatable bonds is 3. The fourth-order valence-electron chi connectivity index (χ4n) is 9.19. The van der Waals surface area contributed by atoms with Crippen molar-refractivity contribution in [1.82, 2.24) is 5.32 Å². The molecule has 3 spiro atoms. The molecule has 0 aromatic heterocycles. The van der Waals surface area contributed by atoms with Gasteiger partial charge in [0.2, 0.25) is 5.91 Å². The quantitative estimate of drug-likeness (QED) is 0.153. The molecular weight excluding hydrogens is 1070 g/mol. The van der Waals surface area contributed by atoms with Crippen LogP contribution in [0.2, 0.25) is 0 Å². The number of hydrogen-bond acceptors (Lipinski definition) is 14. The average molecular weight is 1110 g/mol. The van der Waals surface area contributed by atoms with Crippen molar-refractivity contribution in [3.63, 3.8) is 0 Å². The van der Waals surface area contributed by atoms with E-state index in [1.807, 2.05) is 109 Å². The highest BCUT2D eigenvalue weighted by molar-refractivity contribution is 9.11. The van der Waals surface area contributed by atoms with Gasteiger partial charge in [-0.3, -0.25) is 9.79 Å². The van der Waals surface area contributed by atoms with Crippen molar-refractivity contribution in [2.24, 2.45) is 21.5 Å². The number of amidine groups is 2. The molecule has 6 aromatic carbocycles. The molecule has 0 unspecified atom stereocenters. The predicted molar refractivity (Wildman–Crippen MR) is 263 cm³/mol. The third-order valence-corrected chi connectivity index (χ3v) is 13.8. The number of amides is 1. The van der Waals surface area contributed by atoms with Crippen LogP contribution in [-0.2, 0) is 35.6 Å². The van der Waals surface area contributed by atoms with E-state index in [1.54, 1.807) is 21.3 Å². The maximum atomic E-state index is 12.1. The van der Waals surface area contributed by atoms with Crippen LogP contribution >= 0.6 is 47.8 Å². The number of fused-ring (bicyclic) bond motifs is 12. The number of nitrogens with one attached hydrogen (secondary N) is 1. The van der Waals surface area contributed by atoms with E-state index in [9.17, 15) is 4.79 Å². The lowest BCUT2D eigenvalue weighted by molar-refractivity contribution is -0.134. The zero-order chi connectivity index (χ0) is 47.4. The first-order valence-corrected chi connectivity index (χ1v) is 23.5. The Morgan fingerprint density at radius 2 is 0.912 bits per heavy atom. The fourth-order valence-corrected chi connectivity index (χ4v) is 10.3. The lowest BCUT2D eigenvalue weighted by Gasteiger charge is -2.42. The minimum absolute atomic E-state index is 0.0608. The second-order valence-corrected chi connectivity index (χ2v) is 19.1. The van der Waals surface area contributed by atoms with Gasteiger partial charge in [0, 0.05) is 46.8 Å². The molecule has 1 amide bonds. The predicted octanol–water partition coefficient (Wildman–Crippen LogP) is 9.30. The van der Waals surface area contributed by atoms with Gasteiger partial charge in [-0.05, 0) is 109 Å². The maximum Gasteiger partial charge on any atom is 0.283 e. The van der Waals surface area contributed by atoms with E-state index in [2.05, 4.69) is 58.1 Å². The van der Waals surface area contributed by atoms with Crippen molar-refractivity contribution in [2.45, 2.75) is 16.6 Å². The third-order valence-electron chi connectivity index (χ3n) is 12.3. The van der Waals surface area contributed by atoms with E-state index in [0.717, 1.165) is 81.3 Å². The van der Waals surface area contributed by atoms with E-state index in [-0.39, 0.29) is 18.5 Å². The first kappa shape index (κ1) is 45.5. The summed E-state index contributed by atoms with van der Waals surface area (Å²) in [5.41, 5.74) is 14.9. The highest BCUT2D eigenvalue weighted by Gasteiger charge is 2.49. The standard InChI is InChI=1S/C17H15BrN2O3.C17H14BrNO4.C16H13BrN2O3/c1-21-11-3-5-15-13(7-11)17(9-22-8-16(19)20-17)12-6-10(18)2-4-14(12)23-15;1-21-11-3-5-15-13(7-11)17(9-22-8-16(20)19-17)12-6-10(18)2-4-14(12)23-15;1-20-10-3-5-14-12(7-10)16(8-21-15(18)19-16)11-6-9(17)2-4-13(11)22-14/h2-7H,8-9H2,1H3,(H2,19,20);2-7H,8-9H2,1H3,(H,19,20);2-7H,8H2,1H3,(H2,18,19)/t2*17-;16-/m000/s1. The summed E-state index contributed by atoms with van der Waals surface area (Å²) < 4.78 is 53.7. The molecule has 348 valence electrons. The van der Waals surface area contributed by atoms with Gasteiger partial charge in [0.05, 0.1) is 34.5 Å². The first-order chi connectivity index (χ1) is 32.9. The molecule has 12 rings (SSSR count). The summed E-state index contributed by atoms with van der Waals surface area (Å²) in [5, 5.41) is 3.10. The summed E-state index contributed by atoms with van der Waals surface area (Å²) in [6.45, 7) is 1.48. The number of methoxy groups -OCH3 is 3. The van der Waals surface area contributed by atoms with Crippen LogP contribution in [0.5, 0.6) is 51.7 Å². The van der Waals surface area contributed by atoms with Crippen molar-refractivity contribution in [3.8, 4) is 51.7 Å². The number of carbonyl (C=O) groups excluding carboxylic acids is 1. The molecule has 6 heterocycles. The van der Waals surface area contributed by atoms with E-state index >= 15 is 0 Å². The highest BCUT2D eigenvalue weighted by Crippen LogP contribution is 2.54. The van der Waals surface area contributed by atoms with Crippen molar-refractivity contribution in [1.29, 1.82) is 0 Å². The molecule has 0 aliphatic carbocycles. The SMILES string of the molecule is COc1ccc2c(c1)[C@]1(COC(N)=N1)c1cc(Br)ccc1O2.COc1ccc2c(c1)[C@]1(COCC(=O)N1)c1cc(Br)ccc1O2.COc1ccc2c(c1)[C@]1(COCC(N)=N1)c1cc(Br)ccc1O2. The first-order valence-electron chi connectivity index (χ1n) is 21.1. The minimum atomic E-state index is -0.781. The summed E-state index contributed by atoms with van der Waals surface area (Å²) in [6, 6.07) is 34.6. The Hall–Kier alpha value is -6.31. The van der Waals surface area contributed by atoms with Crippen LogP contribution in [0, 0.1) is 0 Å². The van der Waals surface area contributed by atoms with Crippen LogP contribution in [0.25, 0.3) is 0 Å². The Balaban J connectivity index is 0.000000119. The smallest absolute Gasteiger partial charge is 0.283 e. The Kier molecular flexibility index (Phi) is 12.0. The molecule has 0 saturated carbocycles. The zero-order valence-electron chi connectivity index (χ0n) is 36.7. The van der Waals surface area contributed by atoms with Gasteiger partial charge < -0.3 is 59.4 Å². The Morgan fingerprint density at radius 1 is 0.515 bits per heavy atom. The molecule has 3 atom stereocenters. The molecule has 6 aromatic rings. The fraction of sp³-hybridized carbons (Fsp3) is 0.220.